The predicted molar refractivity (Wildman–Crippen MR) is 114 cm³/mol. The molecule has 8 heteroatoms. The molecule has 2 aromatic rings. The van der Waals surface area contributed by atoms with Crippen LogP contribution in [0, 0.1) is 18.8 Å². The Morgan fingerprint density at radius 2 is 1.70 bits per heavy atom. The third kappa shape index (κ3) is 3.96. The monoisotopic (exact) mass is 446 g/mol. The molecule has 2 fully saturated rings. The molecule has 2 atom stereocenters. The van der Waals surface area contributed by atoms with Crippen LogP contribution in [0.1, 0.15) is 36.8 Å². The molecule has 0 aromatic heterocycles. The topological polar surface area (TPSA) is 83.6 Å². The van der Waals surface area contributed by atoms with E-state index in [1.54, 1.807) is 37.3 Å². The summed E-state index contributed by atoms with van der Waals surface area (Å²) in [6.07, 6.45) is 3.44. The zero-order valence-corrected chi connectivity index (χ0v) is 18.2. The van der Waals surface area contributed by atoms with Crippen LogP contribution < -0.4 is 4.72 Å². The third-order valence-electron chi connectivity index (χ3n) is 5.89. The number of nitrogens with zero attached hydrogens (tertiary/aromatic N) is 1. The van der Waals surface area contributed by atoms with E-state index >= 15 is 0 Å². The number of aryl methyl sites for hydroxylation is 1. The lowest BCUT2D eigenvalue weighted by Crippen LogP contribution is -2.30. The summed E-state index contributed by atoms with van der Waals surface area (Å²) < 4.78 is 28.4. The number of imide groups is 1. The molecule has 0 unspecified atom stereocenters. The Hall–Kier alpha value is -2.38. The maximum Gasteiger partial charge on any atom is 0.262 e. The van der Waals surface area contributed by atoms with Gasteiger partial charge < -0.3 is 0 Å². The van der Waals surface area contributed by atoms with Crippen molar-refractivity contribution >= 4 is 39.1 Å². The molecule has 6 nitrogen and oxygen atoms in total. The normalized spacial score (nSPS) is 21.6. The highest BCUT2D eigenvalue weighted by Gasteiger charge is 2.47. The molecule has 1 saturated carbocycles. The van der Waals surface area contributed by atoms with Crippen LogP contribution in [0.5, 0.6) is 0 Å². The lowest BCUT2D eigenvalue weighted by molar-refractivity contribution is -0.140. The number of nitrogens with one attached hydrogen (secondary N) is 1. The molecule has 158 valence electrons. The van der Waals surface area contributed by atoms with Crippen LogP contribution in [-0.2, 0) is 26.2 Å². The maximum atomic E-state index is 13.0. The van der Waals surface area contributed by atoms with Crippen molar-refractivity contribution in [3.05, 3.63) is 58.6 Å². The molecule has 0 bridgehead atoms. The van der Waals surface area contributed by atoms with E-state index in [0.717, 1.165) is 25.7 Å². The van der Waals surface area contributed by atoms with Crippen LogP contribution in [0.15, 0.2) is 47.4 Å². The number of anilines is 1. The molecule has 2 aromatic carbocycles. The van der Waals surface area contributed by atoms with E-state index in [1.807, 2.05) is 0 Å². The minimum absolute atomic E-state index is 0.0879. The molecule has 4 rings (SSSR count). The van der Waals surface area contributed by atoms with Crippen molar-refractivity contribution in [3.8, 4) is 0 Å². The average Bonchev–Trinajstić information content (AvgIpc) is 2.94. The predicted octanol–water partition coefficient (Wildman–Crippen LogP) is 4.12. The lowest BCUT2D eigenvalue weighted by Gasteiger charge is -2.19. The Bertz CT molecular complexity index is 1090. The van der Waals surface area contributed by atoms with Gasteiger partial charge in [0.15, 0.2) is 0 Å². The summed E-state index contributed by atoms with van der Waals surface area (Å²) in [6.45, 7) is 1.79. The number of fused-ring (bicyclic) bond motifs is 1. The molecule has 1 aliphatic carbocycles. The van der Waals surface area contributed by atoms with Gasteiger partial charge in [0.1, 0.15) is 0 Å². The number of hydrogen-bond donors (Lipinski definition) is 1. The maximum absolute atomic E-state index is 13.0. The van der Waals surface area contributed by atoms with Gasteiger partial charge in [0.2, 0.25) is 11.8 Å². The van der Waals surface area contributed by atoms with Crippen molar-refractivity contribution in [3.63, 3.8) is 0 Å². The van der Waals surface area contributed by atoms with Gasteiger partial charge in [-0.2, -0.15) is 0 Å². The molecule has 0 spiro atoms. The van der Waals surface area contributed by atoms with Gasteiger partial charge in [-0.05, 0) is 55.2 Å². The largest absolute Gasteiger partial charge is 0.280 e. The minimum Gasteiger partial charge on any atom is -0.280 e. The molecule has 0 radical (unpaired) electrons. The molecule has 1 saturated heterocycles. The molecule has 2 aliphatic rings. The van der Waals surface area contributed by atoms with Crippen molar-refractivity contribution in [2.24, 2.45) is 11.8 Å². The van der Waals surface area contributed by atoms with Gasteiger partial charge in [-0.3, -0.25) is 19.2 Å². The van der Waals surface area contributed by atoms with Crippen molar-refractivity contribution in [2.75, 3.05) is 4.72 Å². The van der Waals surface area contributed by atoms with Gasteiger partial charge in [0, 0.05) is 5.02 Å². The minimum atomic E-state index is -3.86. The van der Waals surface area contributed by atoms with E-state index in [1.165, 1.54) is 17.0 Å². The van der Waals surface area contributed by atoms with E-state index in [2.05, 4.69) is 4.72 Å². The summed E-state index contributed by atoms with van der Waals surface area (Å²) in [6, 6.07) is 11.5. The summed E-state index contributed by atoms with van der Waals surface area (Å²) >= 11 is 5.95. The Balaban J connectivity index is 1.59. The fourth-order valence-electron chi connectivity index (χ4n) is 4.36. The van der Waals surface area contributed by atoms with Crippen molar-refractivity contribution < 1.29 is 18.0 Å². The molecule has 2 amide bonds. The van der Waals surface area contributed by atoms with Gasteiger partial charge in [-0.1, -0.05) is 42.6 Å². The fourth-order valence-corrected chi connectivity index (χ4v) is 5.90. The SMILES string of the molecule is Cc1ccc(CN2C(=O)[C@H]3CCCC[C@@H]3C2=O)cc1S(=O)(=O)Nc1cccc(Cl)c1. The number of carbonyl (C=O) groups is 2. The standard InChI is InChI=1S/C22H23ClN2O4S/c1-14-9-10-15(13-25-21(26)18-7-2-3-8-19(18)22(25)27)11-20(14)30(28,29)24-17-6-4-5-16(23)12-17/h4-6,9-12,18-19,24H,2-3,7-8,13H2,1H3/t18-,19-/m0/s1. The Morgan fingerprint density at radius 1 is 1.03 bits per heavy atom. The van der Waals surface area contributed by atoms with Crippen LogP contribution in [0.2, 0.25) is 5.02 Å². The molecular weight excluding hydrogens is 424 g/mol. The second kappa shape index (κ2) is 8.04. The number of sulfonamides is 1. The first-order valence-corrected chi connectivity index (χ1v) is 11.9. The summed E-state index contributed by atoms with van der Waals surface area (Å²) in [7, 11) is -3.86. The Kier molecular flexibility index (Phi) is 5.59. The highest BCUT2D eigenvalue weighted by Crippen LogP contribution is 2.38. The number of likely N-dealkylation sites (tertiary alicyclic amines) is 1. The quantitative estimate of drug-likeness (QED) is 0.700. The van der Waals surface area contributed by atoms with Crippen LogP contribution in [0.4, 0.5) is 5.69 Å². The van der Waals surface area contributed by atoms with Crippen LogP contribution >= 0.6 is 11.6 Å². The number of rotatable bonds is 5. The molecular formula is C22H23ClN2O4S. The number of benzene rings is 2. The first-order chi connectivity index (χ1) is 14.3. The van der Waals surface area contributed by atoms with E-state index in [4.69, 9.17) is 11.6 Å². The number of amides is 2. The van der Waals surface area contributed by atoms with Gasteiger partial charge >= 0.3 is 0 Å². The van der Waals surface area contributed by atoms with Crippen LogP contribution in [0.3, 0.4) is 0 Å². The molecule has 1 N–H and O–H groups in total. The summed E-state index contributed by atoms with van der Waals surface area (Å²) in [5.41, 5.74) is 1.54. The van der Waals surface area contributed by atoms with Crippen LogP contribution in [-0.4, -0.2) is 25.1 Å². The number of hydrogen-bond acceptors (Lipinski definition) is 4. The van der Waals surface area contributed by atoms with Gasteiger partial charge in [0.25, 0.3) is 10.0 Å². The van der Waals surface area contributed by atoms with Crippen LogP contribution in [0.25, 0.3) is 0 Å². The molecule has 30 heavy (non-hydrogen) atoms. The third-order valence-corrected chi connectivity index (χ3v) is 7.65. The summed E-state index contributed by atoms with van der Waals surface area (Å²) in [4.78, 5) is 26.9. The molecule has 1 heterocycles. The van der Waals surface area contributed by atoms with Gasteiger partial charge in [-0.25, -0.2) is 8.42 Å². The lowest BCUT2D eigenvalue weighted by atomic mass is 9.81. The zero-order valence-electron chi connectivity index (χ0n) is 16.6. The Labute approximate surface area is 181 Å². The molecule has 1 aliphatic heterocycles. The second-order valence-electron chi connectivity index (χ2n) is 7.98. The van der Waals surface area contributed by atoms with Gasteiger partial charge in [-0.15, -0.1) is 0 Å². The highest BCUT2D eigenvalue weighted by molar-refractivity contribution is 7.92. The van der Waals surface area contributed by atoms with Crippen molar-refractivity contribution in [1.82, 2.24) is 4.90 Å². The van der Waals surface area contributed by atoms with E-state index in [9.17, 15) is 18.0 Å². The fraction of sp³-hybridized carbons (Fsp3) is 0.364. The summed E-state index contributed by atoms with van der Waals surface area (Å²) in [5, 5.41) is 0.424. The van der Waals surface area contributed by atoms with Crippen molar-refractivity contribution in [2.45, 2.75) is 44.0 Å². The summed E-state index contributed by atoms with van der Waals surface area (Å²) in [5.74, 6) is -0.702. The second-order valence-corrected chi connectivity index (χ2v) is 10.1. The number of carbonyl (C=O) groups excluding carboxylic acids is 2. The van der Waals surface area contributed by atoms with Gasteiger partial charge in [0.05, 0.1) is 29.0 Å². The zero-order chi connectivity index (χ0) is 21.5. The number of halogens is 1. The highest BCUT2D eigenvalue weighted by atomic mass is 35.5. The van der Waals surface area contributed by atoms with Crippen molar-refractivity contribution in [1.29, 1.82) is 0 Å². The van der Waals surface area contributed by atoms with E-state index in [0.29, 0.717) is 21.8 Å². The smallest absolute Gasteiger partial charge is 0.262 e. The first kappa shape index (κ1) is 20.9. The Morgan fingerprint density at radius 3 is 2.33 bits per heavy atom. The van der Waals surface area contributed by atoms with E-state index in [-0.39, 0.29) is 35.1 Å². The first-order valence-electron chi connectivity index (χ1n) is 9.99. The van der Waals surface area contributed by atoms with E-state index < -0.39 is 10.0 Å². The average molecular weight is 447 g/mol.